The monoisotopic (exact) mass is 229 g/mol. The molecule has 0 heterocycles. The predicted octanol–water partition coefficient (Wildman–Crippen LogP) is 0.818. The number of primary amides is 1. The molecule has 0 rings (SSSR count). The molecule has 0 fully saturated rings. The van der Waals surface area contributed by atoms with Crippen molar-refractivity contribution in [2.24, 2.45) is 11.7 Å². The molecule has 0 aliphatic rings. The van der Waals surface area contributed by atoms with Crippen LogP contribution in [-0.2, 0) is 4.79 Å². The Morgan fingerprint density at radius 1 is 1.25 bits per heavy atom. The molecule has 0 spiro atoms. The molecule has 0 bridgehead atoms. The maximum absolute atomic E-state index is 11.1. The lowest BCUT2D eigenvalue weighted by Crippen LogP contribution is -2.48. The van der Waals surface area contributed by atoms with Crippen LogP contribution in [0.2, 0.25) is 0 Å². The van der Waals surface area contributed by atoms with Crippen molar-refractivity contribution in [2.45, 2.75) is 39.7 Å². The summed E-state index contributed by atoms with van der Waals surface area (Å²) in [7, 11) is 1.78. The first-order valence-corrected chi connectivity index (χ1v) is 6.27. The average molecular weight is 229 g/mol. The smallest absolute Gasteiger partial charge is 0.235 e. The Balaban J connectivity index is 4.21. The fraction of sp³-hybridized carbons (Fsp3) is 0.917. The minimum atomic E-state index is -0.273. The molecule has 0 saturated carbocycles. The molecule has 96 valence electrons. The zero-order valence-corrected chi connectivity index (χ0v) is 11.1. The van der Waals surface area contributed by atoms with Gasteiger partial charge < -0.3 is 16.0 Å². The Morgan fingerprint density at radius 2 is 1.81 bits per heavy atom. The molecule has 0 aromatic rings. The predicted molar refractivity (Wildman–Crippen MR) is 68.2 cm³/mol. The van der Waals surface area contributed by atoms with Crippen LogP contribution < -0.4 is 11.1 Å². The molecule has 0 aromatic heterocycles. The van der Waals surface area contributed by atoms with Crippen molar-refractivity contribution in [1.29, 1.82) is 0 Å². The molecule has 3 N–H and O–H groups in total. The maximum atomic E-state index is 11.1. The minimum absolute atomic E-state index is 0.241. The van der Waals surface area contributed by atoms with Crippen LogP contribution in [0.4, 0.5) is 0 Å². The zero-order valence-electron chi connectivity index (χ0n) is 11.1. The molecule has 0 aromatic carbocycles. The Hall–Kier alpha value is -0.610. The lowest BCUT2D eigenvalue weighted by atomic mass is 10.0. The largest absolute Gasteiger partial charge is 0.368 e. The summed E-state index contributed by atoms with van der Waals surface area (Å²) in [5.74, 6) is 0.441. The van der Waals surface area contributed by atoms with Crippen LogP contribution in [0.25, 0.3) is 0 Å². The van der Waals surface area contributed by atoms with Crippen LogP contribution in [0.1, 0.15) is 33.6 Å². The summed E-state index contributed by atoms with van der Waals surface area (Å²) in [5.41, 5.74) is 5.32. The topological polar surface area (TPSA) is 58.4 Å². The van der Waals surface area contributed by atoms with Gasteiger partial charge in [-0.1, -0.05) is 33.6 Å². The zero-order chi connectivity index (χ0) is 12.6. The molecular formula is C12H27N3O. The van der Waals surface area contributed by atoms with E-state index in [0.29, 0.717) is 12.5 Å². The number of amides is 1. The molecule has 0 radical (unpaired) electrons. The first kappa shape index (κ1) is 15.4. The third kappa shape index (κ3) is 5.47. The second kappa shape index (κ2) is 8.53. The fourth-order valence-electron chi connectivity index (χ4n) is 1.83. The number of hydrogen-bond acceptors (Lipinski definition) is 3. The molecule has 16 heavy (non-hydrogen) atoms. The van der Waals surface area contributed by atoms with Crippen molar-refractivity contribution in [1.82, 2.24) is 10.2 Å². The van der Waals surface area contributed by atoms with Crippen LogP contribution in [-0.4, -0.2) is 43.5 Å². The van der Waals surface area contributed by atoms with Gasteiger partial charge in [0.1, 0.15) is 0 Å². The van der Waals surface area contributed by atoms with E-state index in [1.165, 1.54) is 12.8 Å². The van der Waals surface area contributed by atoms with Gasteiger partial charge in [-0.3, -0.25) is 4.79 Å². The molecule has 0 aliphatic heterocycles. The lowest BCUT2D eigenvalue weighted by molar-refractivity contribution is -0.120. The highest BCUT2D eigenvalue weighted by molar-refractivity contribution is 5.80. The van der Waals surface area contributed by atoms with Crippen LogP contribution in [0.15, 0.2) is 0 Å². The van der Waals surface area contributed by atoms with Crippen molar-refractivity contribution in [3.8, 4) is 0 Å². The van der Waals surface area contributed by atoms with Gasteiger partial charge in [-0.05, 0) is 19.5 Å². The molecule has 1 amide bonds. The SMILES string of the molecule is CCC(CC)CN(CC)CC(NC)C(N)=O. The Kier molecular flexibility index (Phi) is 8.21. The van der Waals surface area contributed by atoms with Gasteiger partial charge in [0.25, 0.3) is 0 Å². The van der Waals surface area contributed by atoms with E-state index < -0.39 is 0 Å². The molecule has 0 aliphatic carbocycles. The number of rotatable bonds is 9. The highest BCUT2D eigenvalue weighted by Gasteiger charge is 2.18. The van der Waals surface area contributed by atoms with E-state index >= 15 is 0 Å². The maximum Gasteiger partial charge on any atom is 0.235 e. The van der Waals surface area contributed by atoms with E-state index in [1.54, 1.807) is 7.05 Å². The summed E-state index contributed by atoms with van der Waals surface area (Å²) in [6.07, 6.45) is 2.38. The number of nitrogens with zero attached hydrogens (tertiary/aromatic N) is 1. The second-order valence-corrected chi connectivity index (χ2v) is 4.28. The normalized spacial score (nSPS) is 13.4. The van der Waals surface area contributed by atoms with E-state index in [9.17, 15) is 4.79 Å². The number of hydrogen-bond donors (Lipinski definition) is 2. The molecule has 1 atom stereocenters. The van der Waals surface area contributed by atoms with Crippen LogP contribution in [0.3, 0.4) is 0 Å². The first-order chi connectivity index (χ1) is 7.58. The number of carbonyl (C=O) groups excluding carboxylic acids is 1. The standard InChI is InChI=1S/C12H27N3O/c1-5-10(6-2)8-15(7-3)9-11(14-4)12(13)16/h10-11,14H,5-9H2,1-4H3,(H2,13,16). The fourth-order valence-corrected chi connectivity index (χ4v) is 1.83. The molecule has 4 heteroatoms. The Morgan fingerprint density at radius 3 is 2.12 bits per heavy atom. The van der Waals surface area contributed by atoms with Gasteiger partial charge in [0.05, 0.1) is 6.04 Å². The quantitative estimate of drug-likeness (QED) is 0.615. The molecular weight excluding hydrogens is 202 g/mol. The average Bonchev–Trinajstić information content (AvgIpc) is 2.29. The molecule has 1 unspecified atom stereocenters. The highest BCUT2D eigenvalue weighted by Crippen LogP contribution is 2.10. The van der Waals surface area contributed by atoms with E-state index in [1.807, 2.05) is 0 Å². The summed E-state index contributed by atoms with van der Waals surface area (Å²) in [4.78, 5) is 13.4. The molecule has 4 nitrogen and oxygen atoms in total. The summed E-state index contributed by atoms with van der Waals surface area (Å²) >= 11 is 0. The number of carbonyl (C=O) groups is 1. The van der Waals surface area contributed by atoms with Crippen molar-refractivity contribution >= 4 is 5.91 Å². The van der Waals surface area contributed by atoms with E-state index in [2.05, 4.69) is 31.0 Å². The summed E-state index contributed by atoms with van der Waals surface area (Å²) in [6, 6.07) is -0.241. The molecule has 0 saturated heterocycles. The van der Waals surface area contributed by atoms with Gasteiger partial charge in [0, 0.05) is 13.1 Å². The Labute approximate surface area is 99.6 Å². The minimum Gasteiger partial charge on any atom is -0.368 e. The van der Waals surface area contributed by atoms with Crippen molar-refractivity contribution in [2.75, 3.05) is 26.7 Å². The third-order valence-corrected chi connectivity index (χ3v) is 3.25. The van der Waals surface area contributed by atoms with E-state index in [0.717, 1.165) is 13.1 Å². The van der Waals surface area contributed by atoms with Gasteiger partial charge in [-0.15, -0.1) is 0 Å². The Bertz CT molecular complexity index is 193. The van der Waals surface area contributed by atoms with E-state index in [4.69, 9.17) is 5.73 Å². The highest BCUT2D eigenvalue weighted by atomic mass is 16.1. The van der Waals surface area contributed by atoms with Crippen LogP contribution >= 0.6 is 0 Å². The van der Waals surface area contributed by atoms with Crippen molar-refractivity contribution in [3.63, 3.8) is 0 Å². The van der Waals surface area contributed by atoms with Crippen molar-refractivity contribution in [3.05, 3.63) is 0 Å². The second-order valence-electron chi connectivity index (χ2n) is 4.28. The lowest BCUT2D eigenvalue weighted by Gasteiger charge is -2.27. The van der Waals surface area contributed by atoms with E-state index in [-0.39, 0.29) is 11.9 Å². The summed E-state index contributed by atoms with van der Waals surface area (Å²) in [5, 5.41) is 2.96. The summed E-state index contributed by atoms with van der Waals surface area (Å²) in [6.45, 7) is 9.27. The third-order valence-electron chi connectivity index (χ3n) is 3.25. The van der Waals surface area contributed by atoms with Gasteiger partial charge in [-0.2, -0.15) is 0 Å². The first-order valence-electron chi connectivity index (χ1n) is 6.27. The number of nitrogens with two attached hydrogens (primary N) is 1. The van der Waals surface area contributed by atoms with Gasteiger partial charge >= 0.3 is 0 Å². The van der Waals surface area contributed by atoms with Gasteiger partial charge in [0.15, 0.2) is 0 Å². The van der Waals surface area contributed by atoms with Gasteiger partial charge in [0.2, 0.25) is 5.91 Å². The van der Waals surface area contributed by atoms with Crippen LogP contribution in [0.5, 0.6) is 0 Å². The van der Waals surface area contributed by atoms with Gasteiger partial charge in [-0.25, -0.2) is 0 Å². The summed E-state index contributed by atoms with van der Waals surface area (Å²) < 4.78 is 0. The van der Waals surface area contributed by atoms with Crippen molar-refractivity contribution < 1.29 is 4.79 Å². The van der Waals surface area contributed by atoms with Crippen LogP contribution in [0, 0.1) is 5.92 Å². The number of likely N-dealkylation sites (N-methyl/N-ethyl adjacent to an activating group) is 2. The number of nitrogens with one attached hydrogen (secondary N) is 1.